The first kappa shape index (κ1) is 48.9. The van der Waals surface area contributed by atoms with Crippen LogP contribution in [0, 0.1) is 55.7 Å². The summed E-state index contributed by atoms with van der Waals surface area (Å²) >= 11 is 0. The van der Waals surface area contributed by atoms with Crippen molar-refractivity contribution in [2.24, 2.45) is 55.7 Å². The van der Waals surface area contributed by atoms with Gasteiger partial charge in [-0.25, -0.2) is 0 Å². The van der Waals surface area contributed by atoms with E-state index in [0.29, 0.717) is 37.9 Å². The van der Waals surface area contributed by atoms with Gasteiger partial charge in [0.1, 0.15) is 0 Å². The Morgan fingerprint density at radius 2 is 0.762 bits per heavy atom. The van der Waals surface area contributed by atoms with Crippen LogP contribution in [0.5, 0.6) is 0 Å². The molecule has 0 bridgehead atoms. The standard InChI is InChI=1S/C10H20.C9H20.2C8H18.C7H16/c1-10(2,3)9-7-5-4-6-8-9;1-8(2,3)7-9(4,5)6;1-7(2,3)8(4,5)6;1-6-7(2)8(3,4)5;1-6(2)7(3,4)5/h9H,4-8H2,1-3H3;7H2,1-6H3;1-6H3;7H,6H2,1-5H3;6H,1-5H3. The molecule has 0 nitrogen and oxygen atoms in total. The van der Waals surface area contributed by atoms with Crippen LogP contribution in [0.4, 0.5) is 0 Å². The summed E-state index contributed by atoms with van der Waals surface area (Å²) in [4.78, 5) is 0. The van der Waals surface area contributed by atoms with E-state index < -0.39 is 0 Å². The van der Waals surface area contributed by atoms with Gasteiger partial charge >= 0.3 is 0 Å². The summed E-state index contributed by atoms with van der Waals surface area (Å²) in [6.45, 7) is 57.2. The molecule has 0 amide bonds. The van der Waals surface area contributed by atoms with E-state index in [-0.39, 0.29) is 0 Å². The Balaban J connectivity index is -0.000000216. The summed E-state index contributed by atoms with van der Waals surface area (Å²) in [5, 5.41) is 0. The lowest BCUT2D eigenvalue weighted by Gasteiger charge is -2.34. The van der Waals surface area contributed by atoms with E-state index in [1.54, 1.807) is 0 Å². The van der Waals surface area contributed by atoms with Crippen LogP contribution in [-0.2, 0) is 0 Å². The molecule has 0 saturated heterocycles. The fourth-order valence-corrected chi connectivity index (χ4v) is 4.17. The van der Waals surface area contributed by atoms with Crippen molar-refractivity contribution < 1.29 is 0 Å². The molecule has 0 radical (unpaired) electrons. The summed E-state index contributed by atoms with van der Waals surface area (Å²) in [5.41, 5.74) is 3.42. The lowest BCUT2D eigenvalue weighted by atomic mass is 9.71. The second kappa shape index (κ2) is 19.5. The van der Waals surface area contributed by atoms with Crippen molar-refractivity contribution in [3.05, 3.63) is 0 Å². The van der Waals surface area contributed by atoms with Crippen molar-refractivity contribution >= 4 is 0 Å². The van der Waals surface area contributed by atoms with E-state index in [1.165, 1.54) is 44.9 Å². The lowest BCUT2D eigenvalue weighted by molar-refractivity contribution is 0.157. The Morgan fingerprint density at radius 1 is 0.476 bits per heavy atom. The van der Waals surface area contributed by atoms with Crippen LogP contribution in [0.15, 0.2) is 0 Å². The maximum absolute atomic E-state index is 2.38. The highest BCUT2D eigenvalue weighted by atomic mass is 14.3. The van der Waals surface area contributed by atoms with Crippen molar-refractivity contribution in [3.8, 4) is 0 Å². The Labute approximate surface area is 273 Å². The minimum absolute atomic E-state index is 0.437. The van der Waals surface area contributed by atoms with Gasteiger partial charge in [-0.05, 0) is 74.9 Å². The normalized spacial score (nSPS) is 16.4. The van der Waals surface area contributed by atoms with Gasteiger partial charge in [0, 0.05) is 0 Å². The summed E-state index contributed by atoms with van der Waals surface area (Å²) in [6, 6.07) is 0. The summed E-state index contributed by atoms with van der Waals surface area (Å²) < 4.78 is 0. The average molecular weight is 597 g/mol. The van der Waals surface area contributed by atoms with E-state index in [9.17, 15) is 0 Å². The van der Waals surface area contributed by atoms with E-state index in [4.69, 9.17) is 0 Å². The highest BCUT2D eigenvalue weighted by Crippen LogP contribution is 2.38. The fraction of sp³-hybridized carbons (Fsp3) is 1.00. The molecule has 1 aliphatic rings. The number of hydrogen-bond donors (Lipinski definition) is 0. The number of rotatable bonds is 1. The van der Waals surface area contributed by atoms with Gasteiger partial charge in [0.2, 0.25) is 0 Å². The summed E-state index contributed by atoms with van der Waals surface area (Å²) in [5.74, 6) is 2.65. The molecule has 0 N–H and O–H groups in total. The van der Waals surface area contributed by atoms with Gasteiger partial charge in [0.15, 0.2) is 0 Å². The Bertz CT molecular complexity index is 581. The van der Waals surface area contributed by atoms with Gasteiger partial charge in [0.05, 0.1) is 0 Å². The molecular formula is C42H92. The summed E-state index contributed by atoms with van der Waals surface area (Å²) in [7, 11) is 0. The van der Waals surface area contributed by atoms with Gasteiger partial charge in [0.25, 0.3) is 0 Å². The van der Waals surface area contributed by atoms with Crippen molar-refractivity contribution in [2.45, 2.75) is 218 Å². The highest BCUT2D eigenvalue weighted by Gasteiger charge is 2.27. The smallest absolute Gasteiger partial charge is 0.0334 e. The maximum Gasteiger partial charge on any atom is -0.0334 e. The first-order valence-electron chi connectivity index (χ1n) is 18.0. The SMILES string of the molecule is CC(C)(C)C(C)(C)C.CC(C)(C)C1CCCCC1.CC(C)(C)CC(C)(C)C.CC(C)C(C)(C)C.CCC(C)C(C)(C)C. The van der Waals surface area contributed by atoms with Crippen LogP contribution in [0.2, 0.25) is 0 Å². The lowest BCUT2D eigenvalue weighted by Crippen LogP contribution is -2.25. The molecule has 0 aromatic rings. The van der Waals surface area contributed by atoms with Crippen LogP contribution in [0.25, 0.3) is 0 Å². The Morgan fingerprint density at radius 3 is 0.833 bits per heavy atom. The van der Waals surface area contributed by atoms with Crippen molar-refractivity contribution in [3.63, 3.8) is 0 Å². The molecule has 0 aliphatic heterocycles. The van der Waals surface area contributed by atoms with Crippen molar-refractivity contribution in [1.82, 2.24) is 0 Å². The molecule has 1 aliphatic carbocycles. The van der Waals surface area contributed by atoms with E-state index in [1.807, 2.05) is 0 Å². The molecule has 0 heterocycles. The second-order valence-electron chi connectivity index (χ2n) is 21.7. The van der Waals surface area contributed by atoms with Crippen LogP contribution >= 0.6 is 0 Å². The first-order chi connectivity index (χ1) is 18.0. The van der Waals surface area contributed by atoms with Crippen molar-refractivity contribution in [1.29, 1.82) is 0 Å². The number of hydrogen-bond acceptors (Lipinski definition) is 0. The van der Waals surface area contributed by atoms with Crippen molar-refractivity contribution in [2.75, 3.05) is 0 Å². The van der Waals surface area contributed by atoms with Gasteiger partial charge in [-0.2, -0.15) is 0 Å². The minimum atomic E-state index is 0.437. The van der Waals surface area contributed by atoms with Gasteiger partial charge < -0.3 is 0 Å². The van der Waals surface area contributed by atoms with Crippen LogP contribution in [0.1, 0.15) is 218 Å². The van der Waals surface area contributed by atoms with Gasteiger partial charge in [-0.1, -0.05) is 199 Å². The first-order valence-corrected chi connectivity index (χ1v) is 18.0. The molecule has 0 aromatic carbocycles. The molecule has 1 fully saturated rings. The molecule has 0 aromatic heterocycles. The zero-order chi connectivity index (χ0) is 35.2. The van der Waals surface area contributed by atoms with Crippen LogP contribution < -0.4 is 0 Å². The predicted octanol–water partition coefficient (Wildman–Crippen LogP) is 15.9. The fourth-order valence-electron chi connectivity index (χ4n) is 4.17. The minimum Gasteiger partial charge on any atom is -0.0651 e. The molecular weight excluding hydrogens is 504 g/mol. The molecule has 42 heavy (non-hydrogen) atoms. The predicted molar refractivity (Wildman–Crippen MR) is 202 cm³/mol. The molecule has 1 saturated carbocycles. The molecule has 0 spiro atoms. The second-order valence-corrected chi connectivity index (χ2v) is 21.7. The zero-order valence-electron chi connectivity index (χ0n) is 35.2. The third-order valence-corrected chi connectivity index (χ3v) is 9.96. The molecule has 1 unspecified atom stereocenters. The van der Waals surface area contributed by atoms with Crippen LogP contribution in [-0.4, -0.2) is 0 Å². The van der Waals surface area contributed by atoms with Crippen LogP contribution in [0.3, 0.4) is 0 Å². The third kappa shape index (κ3) is 32.9. The monoisotopic (exact) mass is 597 g/mol. The average Bonchev–Trinajstić information content (AvgIpc) is 2.69. The largest absolute Gasteiger partial charge is 0.0651 e. The molecule has 0 heteroatoms. The highest BCUT2D eigenvalue weighted by molar-refractivity contribution is 4.78. The Kier molecular flexibility index (Phi) is 22.7. The van der Waals surface area contributed by atoms with Gasteiger partial charge in [-0.3, -0.25) is 0 Å². The Hall–Kier alpha value is 0. The zero-order valence-corrected chi connectivity index (χ0v) is 35.2. The third-order valence-electron chi connectivity index (χ3n) is 9.96. The molecule has 1 atom stereocenters. The quantitative estimate of drug-likeness (QED) is 0.282. The van der Waals surface area contributed by atoms with E-state index >= 15 is 0 Å². The molecule has 260 valence electrons. The topological polar surface area (TPSA) is 0 Å². The maximum atomic E-state index is 2.38. The van der Waals surface area contributed by atoms with Gasteiger partial charge in [-0.15, -0.1) is 0 Å². The van der Waals surface area contributed by atoms with E-state index in [0.717, 1.165) is 17.8 Å². The molecule has 1 rings (SSSR count). The summed E-state index contributed by atoms with van der Waals surface area (Å²) in [6.07, 6.45) is 9.97. The van der Waals surface area contributed by atoms with E-state index in [2.05, 4.69) is 173 Å².